The Morgan fingerprint density at radius 2 is 2.00 bits per heavy atom. The molecule has 1 aliphatic rings. The molecule has 0 aliphatic carbocycles. The quantitative estimate of drug-likeness (QED) is 0.574. The zero-order chi connectivity index (χ0) is 18.9. The SMILES string of the molecule is CN=C(NCc1ccc(C)cc1OC)NCC(C(C)C)N1CCOCC1. The highest BCUT2D eigenvalue weighted by Gasteiger charge is 2.23. The predicted molar refractivity (Wildman–Crippen MR) is 107 cm³/mol. The van der Waals surface area contributed by atoms with Crippen LogP contribution in [0.25, 0.3) is 0 Å². The monoisotopic (exact) mass is 362 g/mol. The minimum atomic E-state index is 0.464. The Kier molecular flexibility index (Phi) is 8.19. The van der Waals surface area contributed by atoms with Crippen LogP contribution < -0.4 is 15.4 Å². The molecule has 2 rings (SSSR count). The van der Waals surface area contributed by atoms with Crippen LogP contribution in [0.1, 0.15) is 25.0 Å². The Morgan fingerprint density at radius 3 is 2.62 bits per heavy atom. The highest BCUT2D eigenvalue weighted by molar-refractivity contribution is 5.79. The third-order valence-electron chi connectivity index (χ3n) is 4.88. The van der Waals surface area contributed by atoms with E-state index in [1.165, 1.54) is 5.56 Å². The van der Waals surface area contributed by atoms with Crippen molar-refractivity contribution in [2.24, 2.45) is 10.9 Å². The van der Waals surface area contributed by atoms with E-state index >= 15 is 0 Å². The van der Waals surface area contributed by atoms with Crippen LogP contribution in [0.5, 0.6) is 5.75 Å². The number of hydrogen-bond acceptors (Lipinski definition) is 4. The van der Waals surface area contributed by atoms with Crippen LogP contribution >= 0.6 is 0 Å². The van der Waals surface area contributed by atoms with E-state index in [9.17, 15) is 0 Å². The molecule has 1 atom stereocenters. The molecule has 0 aromatic heterocycles. The van der Waals surface area contributed by atoms with Crippen LogP contribution in [-0.4, -0.2) is 63.9 Å². The number of aliphatic imine (C=N–C) groups is 1. The van der Waals surface area contributed by atoms with Crippen molar-refractivity contribution in [2.45, 2.75) is 33.4 Å². The second-order valence-electron chi connectivity index (χ2n) is 7.08. The van der Waals surface area contributed by atoms with Crippen LogP contribution in [0.3, 0.4) is 0 Å². The molecule has 0 spiro atoms. The standard InChI is InChI=1S/C20H34N4O2/c1-15(2)18(24-8-10-26-11-9-24)14-23-20(21-4)22-13-17-7-6-16(3)12-19(17)25-5/h6-7,12,15,18H,8-11,13-14H2,1-5H3,(H2,21,22,23). The molecule has 1 fully saturated rings. The summed E-state index contributed by atoms with van der Waals surface area (Å²) in [4.78, 5) is 6.87. The lowest BCUT2D eigenvalue weighted by Gasteiger charge is -2.37. The molecule has 1 saturated heterocycles. The van der Waals surface area contributed by atoms with Gasteiger partial charge in [0.2, 0.25) is 0 Å². The van der Waals surface area contributed by atoms with Gasteiger partial charge in [-0.2, -0.15) is 0 Å². The first-order valence-corrected chi connectivity index (χ1v) is 9.45. The first-order valence-electron chi connectivity index (χ1n) is 9.45. The fraction of sp³-hybridized carbons (Fsp3) is 0.650. The molecule has 0 bridgehead atoms. The number of morpholine rings is 1. The van der Waals surface area contributed by atoms with Crippen LogP contribution in [0, 0.1) is 12.8 Å². The van der Waals surface area contributed by atoms with Crippen molar-refractivity contribution in [1.82, 2.24) is 15.5 Å². The third-order valence-corrected chi connectivity index (χ3v) is 4.88. The summed E-state index contributed by atoms with van der Waals surface area (Å²) in [6, 6.07) is 6.72. The highest BCUT2D eigenvalue weighted by atomic mass is 16.5. The molecule has 6 heteroatoms. The Bertz CT molecular complexity index is 583. The normalized spacial score (nSPS) is 17.2. The van der Waals surface area contributed by atoms with E-state index in [2.05, 4.69) is 59.5 Å². The van der Waals surface area contributed by atoms with Gasteiger partial charge in [-0.3, -0.25) is 9.89 Å². The topological polar surface area (TPSA) is 58.1 Å². The van der Waals surface area contributed by atoms with E-state index in [-0.39, 0.29) is 0 Å². The number of hydrogen-bond donors (Lipinski definition) is 2. The van der Waals surface area contributed by atoms with Gasteiger partial charge in [0.1, 0.15) is 5.75 Å². The molecule has 1 aromatic carbocycles. The van der Waals surface area contributed by atoms with Gasteiger partial charge in [0.05, 0.1) is 20.3 Å². The molecule has 0 radical (unpaired) electrons. The maximum atomic E-state index is 5.48. The van der Waals surface area contributed by atoms with E-state index in [4.69, 9.17) is 9.47 Å². The molecule has 146 valence electrons. The van der Waals surface area contributed by atoms with Crippen molar-refractivity contribution in [1.29, 1.82) is 0 Å². The predicted octanol–water partition coefficient (Wildman–Crippen LogP) is 2.03. The summed E-state index contributed by atoms with van der Waals surface area (Å²) in [5.74, 6) is 2.28. The number of methoxy groups -OCH3 is 1. The van der Waals surface area contributed by atoms with Gasteiger partial charge in [0, 0.05) is 44.8 Å². The number of rotatable bonds is 7. The fourth-order valence-electron chi connectivity index (χ4n) is 3.29. The van der Waals surface area contributed by atoms with Crippen molar-refractivity contribution < 1.29 is 9.47 Å². The molecular weight excluding hydrogens is 328 g/mol. The van der Waals surface area contributed by atoms with Gasteiger partial charge >= 0.3 is 0 Å². The second kappa shape index (κ2) is 10.4. The van der Waals surface area contributed by atoms with Crippen molar-refractivity contribution in [3.05, 3.63) is 29.3 Å². The minimum absolute atomic E-state index is 0.464. The van der Waals surface area contributed by atoms with E-state index in [0.717, 1.165) is 50.1 Å². The summed E-state index contributed by atoms with van der Waals surface area (Å²) in [5, 5.41) is 6.88. The zero-order valence-electron chi connectivity index (χ0n) is 16.8. The number of nitrogens with zero attached hydrogens (tertiary/aromatic N) is 2. The lowest BCUT2D eigenvalue weighted by molar-refractivity contribution is 0.00752. The maximum absolute atomic E-state index is 5.48. The molecule has 6 nitrogen and oxygen atoms in total. The van der Waals surface area contributed by atoms with Crippen LogP contribution in [0.2, 0.25) is 0 Å². The summed E-state index contributed by atoms with van der Waals surface area (Å²) >= 11 is 0. The Hall–Kier alpha value is -1.79. The molecule has 1 unspecified atom stereocenters. The Morgan fingerprint density at radius 1 is 1.27 bits per heavy atom. The highest BCUT2D eigenvalue weighted by Crippen LogP contribution is 2.19. The van der Waals surface area contributed by atoms with E-state index in [1.54, 1.807) is 14.2 Å². The van der Waals surface area contributed by atoms with Crippen LogP contribution in [0.4, 0.5) is 0 Å². The third kappa shape index (κ3) is 5.88. The molecule has 26 heavy (non-hydrogen) atoms. The lowest BCUT2D eigenvalue weighted by Crippen LogP contribution is -2.52. The summed E-state index contributed by atoms with van der Waals surface area (Å²) in [7, 11) is 3.52. The lowest BCUT2D eigenvalue weighted by atomic mass is 10.0. The van der Waals surface area contributed by atoms with Gasteiger partial charge < -0.3 is 20.1 Å². The fourth-order valence-corrected chi connectivity index (χ4v) is 3.29. The Labute approximate surface area is 158 Å². The van der Waals surface area contributed by atoms with Crippen LogP contribution in [0.15, 0.2) is 23.2 Å². The van der Waals surface area contributed by atoms with E-state index in [0.29, 0.717) is 18.5 Å². The van der Waals surface area contributed by atoms with Crippen molar-refractivity contribution in [3.63, 3.8) is 0 Å². The average molecular weight is 363 g/mol. The zero-order valence-corrected chi connectivity index (χ0v) is 16.8. The first-order chi connectivity index (χ1) is 12.5. The molecule has 1 heterocycles. The molecule has 1 aliphatic heterocycles. The first kappa shape index (κ1) is 20.5. The smallest absolute Gasteiger partial charge is 0.191 e. The van der Waals surface area contributed by atoms with Crippen molar-refractivity contribution >= 4 is 5.96 Å². The summed E-state index contributed by atoms with van der Waals surface area (Å²) in [6.07, 6.45) is 0. The minimum Gasteiger partial charge on any atom is -0.496 e. The van der Waals surface area contributed by atoms with Crippen molar-refractivity contribution in [3.8, 4) is 5.75 Å². The van der Waals surface area contributed by atoms with Crippen LogP contribution in [-0.2, 0) is 11.3 Å². The summed E-state index contributed by atoms with van der Waals surface area (Å²) in [6.45, 7) is 11.8. The second-order valence-corrected chi connectivity index (χ2v) is 7.08. The van der Waals surface area contributed by atoms with E-state index < -0.39 is 0 Å². The van der Waals surface area contributed by atoms with Crippen molar-refractivity contribution in [2.75, 3.05) is 47.0 Å². The molecular formula is C20H34N4O2. The van der Waals surface area contributed by atoms with Gasteiger partial charge in [0.25, 0.3) is 0 Å². The van der Waals surface area contributed by atoms with Gasteiger partial charge in [-0.05, 0) is 24.5 Å². The maximum Gasteiger partial charge on any atom is 0.191 e. The summed E-state index contributed by atoms with van der Waals surface area (Å²) in [5.41, 5.74) is 2.31. The van der Waals surface area contributed by atoms with Gasteiger partial charge in [-0.25, -0.2) is 0 Å². The average Bonchev–Trinajstić information content (AvgIpc) is 2.65. The van der Waals surface area contributed by atoms with Gasteiger partial charge in [-0.15, -0.1) is 0 Å². The number of guanidine groups is 1. The molecule has 1 aromatic rings. The number of ether oxygens (including phenoxy) is 2. The van der Waals surface area contributed by atoms with E-state index in [1.807, 2.05) is 0 Å². The van der Waals surface area contributed by atoms with Gasteiger partial charge in [-0.1, -0.05) is 26.0 Å². The van der Waals surface area contributed by atoms with Gasteiger partial charge in [0.15, 0.2) is 5.96 Å². The number of aryl methyl sites for hydroxylation is 1. The molecule has 2 N–H and O–H groups in total. The Balaban J connectivity index is 1.90. The number of nitrogens with one attached hydrogen (secondary N) is 2. The largest absolute Gasteiger partial charge is 0.496 e. The molecule has 0 amide bonds. The summed E-state index contributed by atoms with van der Waals surface area (Å²) < 4.78 is 11.0. The molecule has 0 saturated carbocycles. The number of benzene rings is 1.